The smallest absolute Gasteiger partial charge is 0.255 e. The van der Waals surface area contributed by atoms with Crippen molar-refractivity contribution in [1.82, 2.24) is 9.88 Å². The van der Waals surface area contributed by atoms with Crippen LogP contribution >= 0.6 is 0 Å². The van der Waals surface area contributed by atoms with E-state index in [1.165, 1.54) is 0 Å². The van der Waals surface area contributed by atoms with E-state index in [9.17, 15) is 9.90 Å². The molecule has 6 nitrogen and oxygen atoms in total. The first-order valence-corrected chi connectivity index (χ1v) is 10.5. The molecule has 32 heavy (non-hydrogen) atoms. The molecule has 162 valence electrons. The lowest BCUT2D eigenvalue weighted by Gasteiger charge is -2.21. The van der Waals surface area contributed by atoms with E-state index in [1.54, 1.807) is 24.3 Å². The molecule has 3 aromatic carbocycles. The highest BCUT2D eigenvalue weighted by Gasteiger charge is 2.11. The number of nitrogen functional groups attached to an aromatic ring is 1. The molecule has 0 bridgehead atoms. The number of carbonyl (C=O) groups is 1. The summed E-state index contributed by atoms with van der Waals surface area (Å²) in [7, 11) is 0. The Kier molecular flexibility index (Phi) is 6.75. The number of aliphatic hydroxyl groups excluding tert-OH is 1. The van der Waals surface area contributed by atoms with Crippen LogP contribution < -0.4 is 11.1 Å². The summed E-state index contributed by atoms with van der Waals surface area (Å²) in [6.45, 7) is 1.94. The van der Waals surface area contributed by atoms with Gasteiger partial charge < -0.3 is 16.2 Å². The van der Waals surface area contributed by atoms with E-state index < -0.39 is 0 Å². The van der Waals surface area contributed by atoms with Crippen molar-refractivity contribution in [2.45, 2.75) is 13.1 Å². The summed E-state index contributed by atoms with van der Waals surface area (Å²) >= 11 is 0. The molecule has 0 unspecified atom stereocenters. The van der Waals surface area contributed by atoms with Crippen molar-refractivity contribution in [3.05, 3.63) is 102 Å². The minimum Gasteiger partial charge on any atom is -0.397 e. The molecule has 0 atom stereocenters. The third kappa shape index (κ3) is 5.29. The number of aromatic nitrogens is 1. The van der Waals surface area contributed by atoms with E-state index in [1.807, 2.05) is 48.7 Å². The number of fused-ring (bicyclic) bond motifs is 1. The van der Waals surface area contributed by atoms with Crippen molar-refractivity contribution < 1.29 is 9.90 Å². The number of pyridine rings is 1. The van der Waals surface area contributed by atoms with Crippen LogP contribution in [-0.2, 0) is 13.1 Å². The number of amides is 1. The fraction of sp³-hybridized carbons (Fsp3) is 0.154. The lowest BCUT2D eigenvalue weighted by molar-refractivity contribution is 0.102. The van der Waals surface area contributed by atoms with Gasteiger partial charge in [0.05, 0.1) is 23.5 Å². The van der Waals surface area contributed by atoms with Gasteiger partial charge >= 0.3 is 0 Å². The van der Waals surface area contributed by atoms with Crippen LogP contribution in [0.15, 0.2) is 85.1 Å². The largest absolute Gasteiger partial charge is 0.397 e. The fourth-order valence-corrected chi connectivity index (χ4v) is 3.64. The number of nitrogens with one attached hydrogen (secondary N) is 1. The second kappa shape index (κ2) is 10.0. The number of anilines is 2. The van der Waals surface area contributed by atoms with Crippen LogP contribution in [0, 0.1) is 0 Å². The van der Waals surface area contributed by atoms with Crippen LogP contribution in [0.2, 0.25) is 0 Å². The number of carbonyl (C=O) groups excluding carboxylic acids is 1. The van der Waals surface area contributed by atoms with Crippen molar-refractivity contribution in [1.29, 1.82) is 0 Å². The second-order valence-electron chi connectivity index (χ2n) is 7.71. The van der Waals surface area contributed by atoms with Crippen LogP contribution in [0.25, 0.3) is 10.9 Å². The fourth-order valence-electron chi connectivity index (χ4n) is 3.64. The molecule has 0 aliphatic carbocycles. The number of nitrogens with zero attached hydrogens (tertiary/aromatic N) is 2. The maximum absolute atomic E-state index is 12.5. The van der Waals surface area contributed by atoms with Crippen LogP contribution in [0.1, 0.15) is 21.5 Å². The van der Waals surface area contributed by atoms with E-state index in [0.29, 0.717) is 36.6 Å². The highest BCUT2D eigenvalue weighted by Crippen LogP contribution is 2.19. The highest BCUT2D eigenvalue weighted by molar-refractivity contribution is 6.05. The minimum absolute atomic E-state index is 0.0694. The zero-order chi connectivity index (χ0) is 22.3. The molecule has 4 rings (SSSR count). The Labute approximate surface area is 187 Å². The molecule has 4 aromatic rings. The number of aliphatic hydroxyl groups is 1. The minimum atomic E-state index is -0.205. The predicted molar refractivity (Wildman–Crippen MR) is 128 cm³/mol. The van der Waals surface area contributed by atoms with Crippen LogP contribution in [0.4, 0.5) is 11.4 Å². The molecule has 0 aliphatic rings. The summed E-state index contributed by atoms with van der Waals surface area (Å²) in [5, 5.41) is 13.5. The predicted octanol–water partition coefficient (Wildman–Crippen LogP) is 4.06. The zero-order valence-corrected chi connectivity index (χ0v) is 17.7. The zero-order valence-electron chi connectivity index (χ0n) is 17.7. The lowest BCUT2D eigenvalue weighted by Crippen LogP contribution is -2.26. The third-order valence-electron chi connectivity index (χ3n) is 5.30. The van der Waals surface area contributed by atoms with Gasteiger partial charge in [-0.25, -0.2) is 0 Å². The summed E-state index contributed by atoms with van der Waals surface area (Å²) in [5.41, 5.74) is 10.7. The van der Waals surface area contributed by atoms with Gasteiger partial charge in [-0.1, -0.05) is 42.5 Å². The van der Waals surface area contributed by atoms with Gasteiger partial charge in [0.1, 0.15) is 0 Å². The van der Waals surface area contributed by atoms with E-state index in [-0.39, 0.29) is 12.5 Å². The molecule has 0 spiro atoms. The number of para-hydroxylation sites is 3. The average molecular weight is 427 g/mol. The van der Waals surface area contributed by atoms with Crippen LogP contribution in [-0.4, -0.2) is 34.0 Å². The first kappa shape index (κ1) is 21.5. The third-order valence-corrected chi connectivity index (χ3v) is 5.30. The van der Waals surface area contributed by atoms with E-state index in [4.69, 9.17) is 5.73 Å². The number of hydrogen-bond acceptors (Lipinski definition) is 5. The molecular weight excluding hydrogens is 400 g/mol. The van der Waals surface area contributed by atoms with Gasteiger partial charge in [0.2, 0.25) is 0 Å². The quantitative estimate of drug-likeness (QED) is 0.370. The topological polar surface area (TPSA) is 91.5 Å². The number of benzene rings is 3. The molecule has 1 amide bonds. The molecule has 6 heteroatoms. The van der Waals surface area contributed by atoms with E-state index >= 15 is 0 Å². The Morgan fingerprint density at radius 2 is 1.66 bits per heavy atom. The lowest BCUT2D eigenvalue weighted by atomic mass is 10.1. The maximum atomic E-state index is 12.5. The van der Waals surface area contributed by atoms with Crippen molar-refractivity contribution in [2.24, 2.45) is 0 Å². The van der Waals surface area contributed by atoms with Crippen LogP contribution in [0.5, 0.6) is 0 Å². The summed E-state index contributed by atoms with van der Waals surface area (Å²) in [4.78, 5) is 19.2. The molecule has 1 heterocycles. The van der Waals surface area contributed by atoms with Gasteiger partial charge in [0.15, 0.2) is 0 Å². The standard InChI is InChI=1S/C26H26N4O2/c27-23-6-2-4-8-25(23)29-26(32)21-11-9-19(10-12-21)17-30(13-14-31)18-20-15-22-5-1-3-7-24(22)28-16-20/h1-12,15-16,31H,13-14,17-18,27H2,(H,29,32). The van der Waals surface area contributed by atoms with Gasteiger partial charge in [-0.05, 0) is 47.5 Å². The Hall–Kier alpha value is -3.74. The maximum Gasteiger partial charge on any atom is 0.255 e. The number of rotatable bonds is 8. The molecule has 0 fully saturated rings. The Balaban J connectivity index is 1.42. The van der Waals surface area contributed by atoms with Crippen molar-refractivity contribution in [3.63, 3.8) is 0 Å². The molecule has 0 radical (unpaired) electrons. The first-order chi connectivity index (χ1) is 15.6. The molecule has 0 saturated carbocycles. The van der Waals surface area contributed by atoms with Gasteiger partial charge in [0.25, 0.3) is 5.91 Å². The van der Waals surface area contributed by atoms with Crippen LogP contribution in [0.3, 0.4) is 0 Å². The van der Waals surface area contributed by atoms with Gasteiger partial charge in [-0.2, -0.15) is 0 Å². The number of hydrogen-bond donors (Lipinski definition) is 3. The summed E-state index contributed by atoms with van der Waals surface area (Å²) in [5.74, 6) is -0.205. The normalized spacial score (nSPS) is 11.1. The molecular formula is C26H26N4O2. The second-order valence-corrected chi connectivity index (χ2v) is 7.71. The van der Waals surface area contributed by atoms with Gasteiger partial charge in [0, 0.05) is 36.8 Å². The number of nitrogens with two attached hydrogens (primary N) is 1. The molecule has 0 saturated heterocycles. The molecule has 1 aromatic heterocycles. The summed E-state index contributed by atoms with van der Waals surface area (Å²) in [6, 6.07) is 24.8. The van der Waals surface area contributed by atoms with Crippen molar-refractivity contribution in [3.8, 4) is 0 Å². The summed E-state index contributed by atoms with van der Waals surface area (Å²) < 4.78 is 0. The van der Waals surface area contributed by atoms with Crippen molar-refractivity contribution in [2.75, 3.05) is 24.2 Å². The SMILES string of the molecule is Nc1ccccc1NC(=O)c1ccc(CN(CCO)Cc2cnc3ccccc3c2)cc1. The Morgan fingerprint density at radius 1 is 0.938 bits per heavy atom. The molecule has 4 N–H and O–H groups in total. The van der Waals surface area contributed by atoms with E-state index in [2.05, 4.69) is 27.3 Å². The van der Waals surface area contributed by atoms with Crippen molar-refractivity contribution >= 4 is 28.2 Å². The monoisotopic (exact) mass is 426 g/mol. The van der Waals surface area contributed by atoms with E-state index in [0.717, 1.165) is 22.0 Å². The average Bonchev–Trinajstić information content (AvgIpc) is 2.81. The van der Waals surface area contributed by atoms with Gasteiger partial charge in [-0.3, -0.25) is 14.7 Å². The first-order valence-electron chi connectivity index (χ1n) is 10.5. The van der Waals surface area contributed by atoms with Gasteiger partial charge in [-0.15, -0.1) is 0 Å². The molecule has 0 aliphatic heterocycles. The Morgan fingerprint density at radius 3 is 2.44 bits per heavy atom. The Bertz CT molecular complexity index is 1210. The highest BCUT2D eigenvalue weighted by atomic mass is 16.3. The summed E-state index contributed by atoms with van der Waals surface area (Å²) in [6.07, 6.45) is 1.88.